The van der Waals surface area contributed by atoms with Crippen LogP contribution in [0.15, 0.2) is 18.2 Å². The van der Waals surface area contributed by atoms with Gasteiger partial charge in [-0.15, -0.1) is 0 Å². The van der Waals surface area contributed by atoms with Gasteiger partial charge in [-0.2, -0.15) is 0 Å². The van der Waals surface area contributed by atoms with Crippen LogP contribution < -0.4 is 0 Å². The van der Waals surface area contributed by atoms with Crippen molar-refractivity contribution in [1.82, 2.24) is 4.98 Å². The molecule has 0 fully saturated rings. The van der Waals surface area contributed by atoms with Crippen molar-refractivity contribution in [2.45, 2.75) is 32.5 Å². The van der Waals surface area contributed by atoms with Gasteiger partial charge in [0, 0.05) is 12.1 Å². The predicted octanol–water partition coefficient (Wildman–Crippen LogP) is 2.08. The Balaban J connectivity index is 3.08. The second-order valence-corrected chi connectivity index (χ2v) is 3.91. The van der Waals surface area contributed by atoms with E-state index in [1.807, 2.05) is 32.9 Å². The van der Waals surface area contributed by atoms with E-state index >= 15 is 0 Å². The normalized spacial score (nSPS) is 11.4. The average Bonchev–Trinajstić information content (AvgIpc) is 2.15. The van der Waals surface area contributed by atoms with Crippen molar-refractivity contribution in [1.29, 1.82) is 0 Å². The third-order valence-electron chi connectivity index (χ3n) is 2.02. The van der Waals surface area contributed by atoms with E-state index in [4.69, 9.17) is 7.85 Å². The van der Waals surface area contributed by atoms with E-state index in [0.29, 0.717) is 12.1 Å². The van der Waals surface area contributed by atoms with Crippen LogP contribution >= 0.6 is 0 Å². The Labute approximate surface area is 86.2 Å². The maximum Gasteiger partial charge on any atom is 0.180 e. The summed E-state index contributed by atoms with van der Waals surface area (Å²) < 4.78 is 0. The van der Waals surface area contributed by atoms with Crippen LogP contribution in [0.1, 0.15) is 43.4 Å². The number of Topliss-reactive ketones (excluding diaryl/α,β-unsaturated/α-hetero) is 1. The Bertz CT molecular complexity index is 341. The minimum absolute atomic E-state index is 0.0519. The van der Waals surface area contributed by atoms with Gasteiger partial charge in [-0.3, -0.25) is 4.79 Å². The molecule has 14 heavy (non-hydrogen) atoms. The van der Waals surface area contributed by atoms with Crippen molar-refractivity contribution in [2.24, 2.45) is 0 Å². The Morgan fingerprint density at radius 3 is 2.64 bits per heavy atom. The van der Waals surface area contributed by atoms with Gasteiger partial charge in [0.2, 0.25) is 0 Å². The minimum Gasteiger partial charge on any atom is -0.292 e. The Kier molecular flexibility index (Phi) is 3.09. The van der Waals surface area contributed by atoms with Crippen molar-refractivity contribution in [3.8, 4) is 0 Å². The first-order valence-electron chi connectivity index (χ1n) is 4.74. The monoisotopic (exact) mass is 187 g/mol. The zero-order valence-corrected chi connectivity index (χ0v) is 8.87. The van der Waals surface area contributed by atoms with E-state index in [0.717, 1.165) is 5.69 Å². The molecule has 0 amide bonds. The molecule has 3 heteroatoms. The number of pyridine rings is 1. The fourth-order valence-corrected chi connectivity index (χ4v) is 1.13. The lowest BCUT2D eigenvalue weighted by atomic mass is 9.70. The molecular formula is C11H14BNO. The molecule has 72 valence electrons. The van der Waals surface area contributed by atoms with Gasteiger partial charge < -0.3 is 0 Å². The molecule has 2 radical (unpaired) electrons. The van der Waals surface area contributed by atoms with Crippen molar-refractivity contribution in [3.05, 3.63) is 29.6 Å². The van der Waals surface area contributed by atoms with E-state index in [9.17, 15) is 4.79 Å². The van der Waals surface area contributed by atoms with Gasteiger partial charge in [-0.05, 0) is 17.4 Å². The molecular weight excluding hydrogens is 173 g/mol. The number of rotatable bonds is 3. The van der Waals surface area contributed by atoms with Crippen LogP contribution in [-0.2, 0) is 5.31 Å². The predicted molar refractivity (Wildman–Crippen MR) is 57.6 cm³/mol. The number of nitrogens with zero attached hydrogens (tertiary/aromatic N) is 1. The van der Waals surface area contributed by atoms with Gasteiger partial charge in [-0.1, -0.05) is 26.8 Å². The maximum atomic E-state index is 11.4. The SMILES string of the molecule is [B]C(C)(C)c1cccc(C(=O)CC)n1. The molecule has 1 aromatic heterocycles. The highest BCUT2D eigenvalue weighted by molar-refractivity contribution is 6.15. The number of carbonyl (C=O) groups is 1. The van der Waals surface area contributed by atoms with E-state index in [1.54, 1.807) is 6.07 Å². The van der Waals surface area contributed by atoms with Gasteiger partial charge in [0.15, 0.2) is 5.78 Å². The van der Waals surface area contributed by atoms with Crippen molar-refractivity contribution >= 4 is 13.6 Å². The molecule has 2 nitrogen and oxygen atoms in total. The molecule has 0 aliphatic rings. The highest BCUT2D eigenvalue weighted by Crippen LogP contribution is 2.16. The Morgan fingerprint density at radius 2 is 2.14 bits per heavy atom. The molecule has 1 rings (SSSR count). The second kappa shape index (κ2) is 3.95. The summed E-state index contributed by atoms with van der Waals surface area (Å²) in [5.74, 6) is 0.0519. The standard InChI is InChI=1S/C11H14BNO/c1-4-9(14)8-6-5-7-10(13-8)11(2,3)12/h5-7H,4H2,1-3H3. The van der Waals surface area contributed by atoms with Gasteiger partial charge in [0.25, 0.3) is 0 Å². The molecule has 0 aromatic carbocycles. The second-order valence-electron chi connectivity index (χ2n) is 3.91. The summed E-state index contributed by atoms with van der Waals surface area (Å²) in [6.45, 7) is 5.56. The lowest BCUT2D eigenvalue weighted by Crippen LogP contribution is -2.19. The largest absolute Gasteiger partial charge is 0.292 e. The highest BCUT2D eigenvalue weighted by Gasteiger charge is 2.16. The van der Waals surface area contributed by atoms with Crippen LogP contribution in [0.5, 0.6) is 0 Å². The summed E-state index contributed by atoms with van der Waals surface area (Å²) in [7, 11) is 5.89. The molecule has 0 N–H and O–H groups in total. The number of carbonyl (C=O) groups excluding carboxylic acids is 1. The van der Waals surface area contributed by atoms with Crippen LogP contribution in [0.4, 0.5) is 0 Å². The van der Waals surface area contributed by atoms with Crippen LogP contribution in [0, 0.1) is 0 Å². The summed E-state index contributed by atoms with van der Waals surface area (Å²) >= 11 is 0. The Morgan fingerprint density at radius 1 is 1.50 bits per heavy atom. The topological polar surface area (TPSA) is 30.0 Å². The molecule has 0 aliphatic heterocycles. The molecule has 0 saturated carbocycles. The number of hydrogen-bond acceptors (Lipinski definition) is 2. The lowest BCUT2D eigenvalue weighted by Gasteiger charge is -2.18. The first-order valence-corrected chi connectivity index (χ1v) is 4.74. The van der Waals surface area contributed by atoms with Gasteiger partial charge in [0.05, 0.1) is 7.85 Å². The summed E-state index contributed by atoms with van der Waals surface area (Å²) in [5.41, 5.74) is 1.25. The fraction of sp³-hybridized carbons (Fsp3) is 0.455. The van der Waals surface area contributed by atoms with E-state index in [-0.39, 0.29) is 5.78 Å². The van der Waals surface area contributed by atoms with Gasteiger partial charge in [0.1, 0.15) is 5.69 Å². The molecule has 0 bridgehead atoms. The minimum atomic E-state index is -0.496. The van der Waals surface area contributed by atoms with Gasteiger partial charge >= 0.3 is 0 Å². The molecule has 1 heterocycles. The molecule has 0 unspecified atom stereocenters. The summed E-state index contributed by atoms with van der Waals surface area (Å²) in [5, 5.41) is -0.496. The zero-order valence-electron chi connectivity index (χ0n) is 8.87. The molecule has 0 atom stereocenters. The van der Waals surface area contributed by atoms with Crippen molar-refractivity contribution in [3.63, 3.8) is 0 Å². The van der Waals surface area contributed by atoms with E-state index in [1.165, 1.54) is 0 Å². The molecule has 0 aliphatic carbocycles. The molecule has 0 spiro atoms. The first kappa shape index (κ1) is 11.0. The van der Waals surface area contributed by atoms with Gasteiger partial charge in [-0.25, -0.2) is 4.98 Å². The summed E-state index contributed by atoms with van der Waals surface area (Å²) in [6, 6.07) is 5.38. The maximum absolute atomic E-state index is 11.4. The van der Waals surface area contributed by atoms with Crippen LogP contribution in [0.2, 0.25) is 0 Å². The molecule has 1 aromatic rings. The average molecular weight is 187 g/mol. The van der Waals surface area contributed by atoms with Crippen molar-refractivity contribution in [2.75, 3.05) is 0 Å². The lowest BCUT2D eigenvalue weighted by molar-refractivity contribution is 0.0983. The van der Waals surface area contributed by atoms with E-state index < -0.39 is 5.31 Å². The fourth-order valence-electron chi connectivity index (χ4n) is 1.13. The van der Waals surface area contributed by atoms with Crippen LogP contribution in [0.25, 0.3) is 0 Å². The molecule has 0 saturated heterocycles. The smallest absolute Gasteiger partial charge is 0.180 e. The van der Waals surface area contributed by atoms with Crippen LogP contribution in [0.3, 0.4) is 0 Å². The number of hydrogen-bond donors (Lipinski definition) is 0. The summed E-state index contributed by atoms with van der Waals surface area (Å²) in [6.07, 6.45) is 0.474. The first-order chi connectivity index (χ1) is 6.45. The number of aromatic nitrogens is 1. The van der Waals surface area contributed by atoms with E-state index in [2.05, 4.69) is 4.98 Å². The highest BCUT2D eigenvalue weighted by atomic mass is 16.1. The summed E-state index contributed by atoms with van der Waals surface area (Å²) in [4.78, 5) is 15.6. The van der Waals surface area contributed by atoms with Crippen molar-refractivity contribution < 1.29 is 4.79 Å². The number of ketones is 1. The third-order valence-corrected chi connectivity index (χ3v) is 2.02. The zero-order chi connectivity index (χ0) is 10.8. The third kappa shape index (κ3) is 2.44. The Hall–Kier alpha value is -1.12. The quantitative estimate of drug-likeness (QED) is 0.535. The van der Waals surface area contributed by atoms with Crippen LogP contribution in [-0.4, -0.2) is 18.6 Å².